The number of nitrogens with one attached hydrogen (secondary N) is 1. The first-order valence-corrected chi connectivity index (χ1v) is 12.3. The zero-order chi connectivity index (χ0) is 24.0. The largest absolute Gasteiger partial charge is 0.456 e. The molecular formula is C21H21Br2N3O7. The molecule has 0 spiro atoms. The number of amides is 3. The molecule has 4 rings (SSSR count). The summed E-state index contributed by atoms with van der Waals surface area (Å²) in [5.74, 6) is -2.37. The molecule has 3 aliphatic rings. The van der Waals surface area contributed by atoms with Crippen LogP contribution in [0.5, 0.6) is 0 Å². The number of imide groups is 1. The third-order valence-corrected chi connectivity index (χ3v) is 9.88. The molecule has 0 aromatic heterocycles. The second-order valence-corrected chi connectivity index (χ2v) is 10.7. The van der Waals surface area contributed by atoms with Gasteiger partial charge in [0.1, 0.15) is 0 Å². The first-order chi connectivity index (χ1) is 15.6. The molecule has 1 aromatic rings. The molecule has 2 aliphatic carbocycles. The number of fused-ring (bicyclic) bond motifs is 5. The Balaban J connectivity index is 1.26. The Labute approximate surface area is 205 Å². The number of alkyl halides is 2. The van der Waals surface area contributed by atoms with Crippen molar-refractivity contribution in [3.8, 4) is 0 Å². The number of hydrogen-bond donors (Lipinski definition) is 1. The minimum atomic E-state index is -0.725. The Morgan fingerprint density at radius 3 is 2.36 bits per heavy atom. The zero-order valence-electron chi connectivity index (χ0n) is 17.5. The number of esters is 1. The van der Waals surface area contributed by atoms with Crippen LogP contribution in [0.3, 0.4) is 0 Å². The molecule has 6 atom stereocenters. The maximum absolute atomic E-state index is 12.8. The number of nitro groups is 1. The van der Waals surface area contributed by atoms with Gasteiger partial charge >= 0.3 is 5.97 Å². The van der Waals surface area contributed by atoms with Crippen molar-refractivity contribution >= 4 is 66.9 Å². The highest BCUT2D eigenvalue weighted by atomic mass is 79.9. The van der Waals surface area contributed by atoms with Crippen LogP contribution in [0.1, 0.15) is 18.4 Å². The summed E-state index contributed by atoms with van der Waals surface area (Å²) in [7, 11) is 0. The minimum absolute atomic E-state index is 0.0887. The number of aryl methyl sites for hydroxylation is 1. The quantitative estimate of drug-likeness (QED) is 0.170. The lowest BCUT2D eigenvalue weighted by atomic mass is 9.81. The second kappa shape index (κ2) is 9.13. The van der Waals surface area contributed by atoms with Gasteiger partial charge in [-0.3, -0.25) is 34.2 Å². The Bertz CT molecular complexity index is 1020. The predicted molar refractivity (Wildman–Crippen MR) is 123 cm³/mol. The van der Waals surface area contributed by atoms with Gasteiger partial charge in [-0.05, 0) is 31.2 Å². The SMILES string of the molecule is Cc1ccc(NC(=O)COC(=O)CCN2C(=O)[C@@H]3[C@H]4C[C@@H]([C@H](Br)[C@@H]4Br)[C@@H]3C2=O)cc1[N+](=O)[O-]. The maximum atomic E-state index is 12.8. The third kappa shape index (κ3) is 4.30. The first-order valence-electron chi connectivity index (χ1n) is 10.4. The van der Waals surface area contributed by atoms with Crippen molar-refractivity contribution in [2.75, 3.05) is 18.5 Å². The van der Waals surface area contributed by atoms with Crippen LogP contribution in [-0.4, -0.2) is 56.3 Å². The number of carbonyl (C=O) groups excluding carboxylic acids is 4. The van der Waals surface area contributed by atoms with Crippen LogP contribution in [0.2, 0.25) is 0 Å². The van der Waals surface area contributed by atoms with Gasteiger partial charge in [-0.2, -0.15) is 0 Å². The Kier molecular flexibility index (Phi) is 6.59. The van der Waals surface area contributed by atoms with Crippen LogP contribution in [-0.2, 0) is 23.9 Å². The molecule has 2 bridgehead atoms. The van der Waals surface area contributed by atoms with E-state index in [1.54, 1.807) is 6.92 Å². The van der Waals surface area contributed by atoms with Gasteiger partial charge in [0, 0.05) is 33.5 Å². The molecule has 1 saturated heterocycles. The van der Waals surface area contributed by atoms with Crippen LogP contribution < -0.4 is 5.32 Å². The molecule has 3 amide bonds. The van der Waals surface area contributed by atoms with Crippen LogP contribution in [0, 0.1) is 40.7 Å². The van der Waals surface area contributed by atoms with E-state index in [2.05, 4.69) is 37.2 Å². The molecule has 1 heterocycles. The number of nitro benzene ring substituents is 1. The van der Waals surface area contributed by atoms with Gasteiger partial charge in [0.2, 0.25) is 11.8 Å². The lowest BCUT2D eigenvalue weighted by Gasteiger charge is -2.28. The number of likely N-dealkylation sites (tertiary alicyclic amines) is 1. The molecule has 1 aromatic carbocycles. The topological polar surface area (TPSA) is 136 Å². The lowest BCUT2D eigenvalue weighted by Crippen LogP contribution is -2.37. The summed E-state index contributed by atoms with van der Waals surface area (Å²) in [5, 5.41) is 13.4. The summed E-state index contributed by atoms with van der Waals surface area (Å²) in [6.07, 6.45) is 0.610. The highest BCUT2D eigenvalue weighted by molar-refractivity contribution is 9.12. The minimum Gasteiger partial charge on any atom is -0.456 e. The Hall–Kier alpha value is -2.34. The van der Waals surface area contributed by atoms with Crippen molar-refractivity contribution in [2.45, 2.75) is 29.4 Å². The lowest BCUT2D eigenvalue weighted by molar-refractivity contribution is -0.385. The summed E-state index contributed by atoms with van der Waals surface area (Å²) in [6.45, 7) is 0.902. The second-order valence-electron chi connectivity index (χ2n) is 8.55. The molecule has 33 heavy (non-hydrogen) atoms. The van der Waals surface area contributed by atoms with E-state index in [4.69, 9.17) is 4.74 Å². The summed E-state index contributed by atoms with van der Waals surface area (Å²) in [5.41, 5.74) is 0.518. The van der Waals surface area contributed by atoms with Gasteiger partial charge in [-0.1, -0.05) is 37.9 Å². The fourth-order valence-corrected chi connectivity index (χ4v) is 7.01. The van der Waals surface area contributed by atoms with Crippen LogP contribution in [0.25, 0.3) is 0 Å². The average molecular weight is 587 g/mol. The Morgan fingerprint density at radius 2 is 1.79 bits per heavy atom. The predicted octanol–water partition coefficient (Wildman–Crippen LogP) is 2.55. The van der Waals surface area contributed by atoms with Gasteiger partial charge in [0.05, 0.1) is 23.2 Å². The van der Waals surface area contributed by atoms with E-state index in [0.717, 1.165) is 11.3 Å². The van der Waals surface area contributed by atoms with E-state index >= 15 is 0 Å². The van der Waals surface area contributed by atoms with Crippen molar-refractivity contribution in [1.29, 1.82) is 0 Å². The van der Waals surface area contributed by atoms with Crippen LogP contribution >= 0.6 is 31.9 Å². The van der Waals surface area contributed by atoms with Gasteiger partial charge in [0.15, 0.2) is 6.61 Å². The van der Waals surface area contributed by atoms with Crippen molar-refractivity contribution < 1.29 is 28.8 Å². The molecule has 0 unspecified atom stereocenters. The summed E-state index contributed by atoms with van der Waals surface area (Å²) in [4.78, 5) is 61.7. The van der Waals surface area contributed by atoms with E-state index in [1.807, 2.05) is 0 Å². The molecule has 2 saturated carbocycles. The van der Waals surface area contributed by atoms with Gasteiger partial charge in [0.25, 0.3) is 11.6 Å². The number of nitrogens with zero attached hydrogens (tertiary/aromatic N) is 2. The molecule has 12 heteroatoms. The molecular weight excluding hydrogens is 566 g/mol. The first kappa shape index (κ1) is 23.8. The monoisotopic (exact) mass is 585 g/mol. The number of ether oxygens (including phenoxy) is 1. The highest BCUT2D eigenvalue weighted by Gasteiger charge is 2.66. The van der Waals surface area contributed by atoms with Crippen molar-refractivity contribution in [2.24, 2.45) is 23.7 Å². The molecule has 0 radical (unpaired) electrons. The highest BCUT2D eigenvalue weighted by Crippen LogP contribution is 2.60. The summed E-state index contributed by atoms with van der Waals surface area (Å²) < 4.78 is 4.94. The number of rotatable bonds is 7. The van der Waals surface area contributed by atoms with Crippen molar-refractivity contribution in [3.63, 3.8) is 0 Å². The average Bonchev–Trinajstić information content (AvgIpc) is 3.37. The van der Waals surface area contributed by atoms with Gasteiger partial charge in [-0.25, -0.2) is 0 Å². The van der Waals surface area contributed by atoms with E-state index in [-0.39, 0.29) is 69.5 Å². The number of anilines is 1. The normalized spacial score (nSPS) is 29.8. The number of benzene rings is 1. The maximum Gasteiger partial charge on any atom is 0.308 e. The van der Waals surface area contributed by atoms with Crippen LogP contribution in [0.4, 0.5) is 11.4 Å². The van der Waals surface area contributed by atoms with E-state index in [1.165, 1.54) is 18.2 Å². The van der Waals surface area contributed by atoms with Crippen LogP contribution in [0.15, 0.2) is 18.2 Å². The fourth-order valence-electron chi connectivity index (χ4n) is 5.13. The third-order valence-electron chi connectivity index (χ3n) is 6.67. The smallest absolute Gasteiger partial charge is 0.308 e. The van der Waals surface area contributed by atoms with E-state index in [9.17, 15) is 29.3 Å². The van der Waals surface area contributed by atoms with Gasteiger partial charge in [-0.15, -0.1) is 0 Å². The molecule has 1 N–H and O–H groups in total. The standard InChI is InChI=1S/C21H21Br2N3O7/c1-9-2-3-10(6-13(9)26(31)32)24-14(27)8-33-15(28)4-5-25-20(29)16-11-7-12(17(16)21(25)30)19(23)18(11)22/h2-3,6,11-12,16-19H,4-5,7-8H2,1H3,(H,24,27)/t11-,12-,16-,17+,18-,19+/m1/s1. The summed E-state index contributed by atoms with van der Waals surface area (Å²) in [6, 6.07) is 4.23. The van der Waals surface area contributed by atoms with Crippen molar-refractivity contribution in [1.82, 2.24) is 4.90 Å². The molecule has 10 nitrogen and oxygen atoms in total. The van der Waals surface area contributed by atoms with Crippen molar-refractivity contribution in [3.05, 3.63) is 33.9 Å². The zero-order valence-corrected chi connectivity index (χ0v) is 20.7. The molecule has 1 aliphatic heterocycles. The summed E-state index contributed by atoms with van der Waals surface area (Å²) >= 11 is 7.25. The number of hydrogen-bond acceptors (Lipinski definition) is 7. The molecule has 176 valence electrons. The Morgan fingerprint density at radius 1 is 1.18 bits per heavy atom. The van der Waals surface area contributed by atoms with E-state index in [0.29, 0.717) is 5.56 Å². The number of halogens is 2. The molecule has 3 fully saturated rings. The van der Waals surface area contributed by atoms with Gasteiger partial charge < -0.3 is 10.1 Å². The van der Waals surface area contributed by atoms with E-state index < -0.39 is 23.4 Å². The number of carbonyl (C=O) groups is 4. The fraction of sp³-hybridized carbons (Fsp3) is 0.524.